The minimum Gasteiger partial charge on any atom is -0.472 e. The quantitative estimate of drug-likeness (QED) is 0.832. The third kappa shape index (κ3) is 1.66. The molecular weight excluding hydrogens is 244 g/mol. The molecule has 0 unspecified atom stereocenters. The summed E-state index contributed by atoms with van der Waals surface area (Å²) < 4.78 is 10.7. The van der Waals surface area contributed by atoms with Gasteiger partial charge in [-0.1, -0.05) is 12.5 Å². The van der Waals surface area contributed by atoms with E-state index in [1.54, 1.807) is 12.5 Å². The second-order valence-electron chi connectivity index (χ2n) is 5.74. The zero-order valence-corrected chi connectivity index (χ0v) is 11.2. The van der Waals surface area contributed by atoms with Gasteiger partial charge in [0.25, 0.3) is 0 Å². The van der Waals surface area contributed by atoms with Gasteiger partial charge in [0.1, 0.15) is 6.10 Å². The zero-order valence-electron chi connectivity index (χ0n) is 11.2. The molecule has 0 radical (unpaired) electrons. The summed E-state index contributed by atoms with van der Waals surface area (Å²) in [5, 5.41) is 9.40. The molecule has 2 heterocycles. The van der Waals surface area contributed by atoms with Gasteiger partial charge >= 0.3 is 5.97 Å². The Morgan fingerprint density at radius 3 is 2.95 bits per heavy atom. The maximum absolute atomic E-state index is 12.2. The Kier molecular flexibility index (Phi) is 2.78. The lowest BCUT2D eigenvalue weighted by atomic mass is 9.65. The largest absolute Gasteiger partial charge is 0.472 e. The first-order chi connectivity index (χ1) is 9.08. The van der Waals surface area contributed by atoms with Crippen LogP contribution in [0.15, 0.2) is 34.2 Å². The minimum absolute atomic E-state index is 0.0822. The Labute approximate surface area is 112 Å². The highest BCUT2D eigenvalue weighted by atomic mass is 16.6. The van der Waals surface area contributed by atoms with Gasteiger partial charge in [-0.2, -0.15) is 0 Å². The van der Waals surface area contributed by atoms with Crippen molar-refractivity contribution in [1.82, 2.24) is 0 Å². The number of hydrogen-bond donors (Lipinski definition) is 1. The lowest BCUT2D eigenvalue weighted by Crippen LogP contribution is -2.30. The summed E-state index contributed by atoms with van der Waals surface area (Å²) in [4.78, 5) is 12.2. The number of rotatable bonds is 2. The lowest BCUT2D eigenvalue weighted by molar-refractivity contribution is -0.140. The number of hydrogen-bond acceptors (Lipinski definition) is 4. The summed E-state index contributed by atoms with van der Waals surface area (Å²) in [6.07, 6.45) is 4.68. The van der Waals surface area contributed by atoms with Crippen LogP contribution in [0.2, 0.25) is 0 Å². The second-order valence-corrected chi connectivity index (χ2v) is 5.74. The van der Waals surface area contributed by atoms with Crippen molar-refractivity contribution in [3.05, 3.63) is 35.3 Å². The van der Waals surface area contributed by atoms with E-state index in [-0.39, 0.29) is 30.0 Å². The highest BCUT2D eigenvalue weighted by Crippen LogP contribution is 2.56. The average Bonchev–Trinajstić information content (AvgIpc) is 2.96. The molecule has 4 nitrogen and oxygen atoms in total. The van der Waals surface area contributed by atoms with Crippen LogP contribution in [0.25, 0.3) is 0 Å². The van der Waals surface area contributed by atoms with Crippen molar-refractivity contribution in [1.29, 1.82) is 0 Å². The summed E-state index contributed by atoms with van der Waals surface area (Å²) >= 11 is 0. The van der Waals surface area contributed by atoms with Crippen molar-refractivity contribution < 1.29 is 19.1 Å². The fourth-order valence-electron chi connectivity index (χ4n) is 3.51. The summed E-state index contributed by atoms with van der Waals surface area (Å²) in [5.41, 5.74) is 2.33. The van der Waals surface area contributed by atoms with Gasteiger partial charge in [0.2, 0.25) is 0 Å². The summed E-state index contributed by atoms with van der Waals surface area (Å²) in [6.45, 7) is 4.10. The summed E-state index contributed by atoms with van der Waals surface area (Å²) in [5.74, 6) is -0.164. The van der Waals surface area contributed by atoms with Crippen LogP contribution in [-0.4, -0.2) is 17.7 Å². The van der Waals surface area contributed by atoms with E-state index in [2.05, 4.69) is 6.92 Å². The van der Waals surface area contributed by atoms with Crippen LogP contribution >= 0.6 is 0 Å². The van der Waals surface area contributed by atoms with E-state index in [1.807, 2.05) is 13.0 Å². The van der Waals surface area contributed by atoms with Crippen molar-refractivity contribution in [3.63, 3.8) is 0 Å². The number of aliphatic hydroxyl groups is 1. The molecule has 4 heteroatoms. The number of aliphatic hydroxyl groups excluding tert-OH is 1. The molecule has 3 atom stereocenters. The van der Waals surface area contributed by atoms with Gasteiger partial charge in [0.05, 0.1) is 12.5 Å². The first-order valence-corrected chi connectivity index (χ1v) is 6.63. The van der Waals surface area contributed by atoms with Crippen LogP contribution in [0.3, 0.4) is 0 Å². The monoisotopic (exact) mass is 262 g/mol. The molecule has 0 saturated carbocycles. The highest BCUT2D eigenvalue weighted by Gasteiger charge is 2.54. The predicted molar refractivity (Wildman–Crippen MR) is 68.2 cm³/mol. The van der Waals surface area contributed by atoms with Crippen LogP contribution in [0.1, 0.15) is 38.4 Å². The third-order valence-electron chi connectivity index (χ3n) is 4.66. The molecule has 1 aliphatic heterocycles. The molecule has 0 amide bonds. The van der Waals surface area contributed by atoms with E-state index in [0.717, 1.165) is 29.6 Å². The number of fused-ring (bicyclic) bond motifs is 1. The molecule has 1 fully saturated rings. The zero-order chi connectivity index (χ0) is 13.6. The Morgan fingerprint density at radius 1 is 1.53 bits per heavy atom. The van der Waals surface area contributed by atoms with Gasteiger partial charge in [-0.15, -0.1) is 0 Å². The van der Waals surface area contributed by atoms with Gasteiger partial charge in [-0.05, 0) is 25.8 Å². The van der Waals surface area contributed by atoms with Crippen LogP contribution in [0, 0.1) is 11.3 Å². The summed E-state index contributed by atoms with van der Waals surface area (Å²) in [7, 11) is 0. The first kappa shape index (κ1) is 12.5. The van der Waals surface area contributed by atoms with E-state index >= 15 is 0 Å². The Morgan fingerprint density at radius 2 is 2.32 bits per heavy atom. The average molecular weight is 262 g/mol. The molecule has 2 aliphatic rings. The Balaban J connectivity index is 2.08. The van der Waals surface area contributed by atoms with E-state index in [0.29, 0.717) is 0 Å². The highest BCUT2D eigenvalue weighted by molar-refractivity contribution is 5.94. The molecule has 1 saturated heterocycles. The predicted octanol–water partition coefficient (Wildman–Crippen LogP) is 2.60. The fourth-order valence-corrected chi connectivity index (χ4v) is 3.51. The molecule has 0 aromatic carbocycles. The van der Waals surface area contributed by atoms with Crippen molar-refractivity contribution in [2.45, 2.75) is 32.8 Å². The minimum atomic E-state index is -0.309. The van der Waals surface area contributed by atoms with Gasteiger partial charge in [-0.3, -0.25) is 0 Å². The van der Waals surface area contributed by atoms with E-state index in [1.165, 1.54) is 0 Å². The van der Waals surface area contributed by atoms with E-state index < -0.39 is 0 Å². The topological polar surface area (TPSA) is 59.7 Å². The van der Waals surface area contributed by atoms with Crippen molar-refractivity contribution in [3.8, 4) is 0 Å². The lowest BCUT2D eigenvalue weighted by Gasteiger charge is -2.36. The number of furan rings is 1. The first-order valence-electron chi connectivity index (χ1n) is 6.63. The molecule has 102 valence electrons. The molecule has 1 N–H and O–H groups in total. The van der Waals surface area contributed by atoms with E-state index in [9.17, 15) is 9.90 Å². The number of carbonyl (C=O) groups is 1. The Bertz CT molecular complexity index is 528. The molecule has 1 aromatic rings. The molecule has 1 aromatic heterocycles. The molecule has 3 rings (SSSR count). The van der Waals surface area contributed by atoms with Gasteiger partial charge < -0.3 is 14.3 Å². The van der Waals surface area contributed by atoms with Gasteiger partial charge in [-0.25, -0.2) is 4.79 Å². The normalized spacial score (nSPS) is 34.4. The maximum atomic E-state index is 12.2. The van der Waals surface area contributed by atoms with E-state index in [4.69, 9.17) is 9.15 Å². The second kappa shape index (κ2) is 4.23. The van der Waals surface area contributed by atoms with Crippen molar-refractivity contribution >= 4 is 5.97 Å². The number of cyclic esters (lactones) is 1. The standard InChI is InChI=1S/C15H18O4/c1-9-10(7-16)3-5-15(2)12(9)14(17)19-13(15)11-4-6-18-8-11/h4,6,8,10,13,16H,3,5,7H2,1-2H3/t10-,13-,15+/m0/s1. The molecular formula is C15H18O4. The smallest absolute Gasteiger partial charge is 0.335 e. The molecule has 19 heavy (non-hydrogen) atoms. The van der Waals surface area contributed by atoms with Crippen molar-refractivity contribution in [2.24, 2.45) is 11.3 Å². The van der Waals surface area contributed by atoms with Crippen molar-refractivity contribution in [2.75, 3.05) is 6.61 Å². The fraction of sp³-hybridized carbons (Fsp3) is 0.533. The van der Waals surface area contributed by atoms with Crippen LogP contribution in [0.4, 0.5) is 0 Å². The maximum Gasteiger partial charge on any atom is 0.335 e. The number of ether oxygens (including phenoxy) is 1. The summed E-state index contributed by atoms with van der Waals surface area (Å²) in [6, 6.07) is 1.85. The van der Waals surface area contributed by atoms with Crippen LogP contribution < -0.4 is 0 Å². The Hall–Kier alpha value is -1.55. The van der Waals surface area contributed by atoms with Crippen LogP contribution in [0.5, 0.6) is 0 Å². The van der Waals surface area contributed by atoms with Gasteiger partial charge in [0, 0.05) is 29.1 Å². The molecule has 1 aliphatic carbocycles. The third-order valence-corrected chi connectivity index (χ3v) is 4.66. The number of esters is 1. The van der Waals surface area contributed by atoms with Crippen LogP contribution in [-0.2, 0) is 9.53 Å². The SMILES string of the molecule is CC1=C2C(=O)O[C@@H](c3ccoc3)[C@]2(C)CC[C@H]1CO. The van der Waals surface area contributed by atoms with Gasteiger partial charge in [0.15, 0.2) is 0 Å². The molecule has 0 bridgehead atoms. The number of carbonyl (C=O) groups excluding carboxylic acids is 1. The molecule has 0 spiro atoms.